The lowest BCUT2D eigenvalue weighted by Gasteiger charge is -2.08. The summed E-state index contributed by atoms with van der Waals surface area (Å²) in [4.78, 5) is 23.1. The quantitative estimate of drug-likeness (QED) is 0.862. The van der Waals surface area contributed by atoms with Gasteiger partial charge in [0, 0.05) is 18.9 Å². The molecule has 0 atom stereocenters. The van der Waals surface area contributed by atoms with Crippen molar-refractivity contribution in [2.75, 3.05) is 12.4 Å². The summed E-state index contributed by atoms with van der Waals surface area (Å²) >= 11 is 0. The van der Waals surface area contributed by atoms with Gasteiger partial charge < -0.3 is 14.5 Å². The normalized spacial score (nSPS) is 10.3. The van der Waals surface area contributed by atoms with E-state index in [0.29, 0.717) is 18.2 Å². The van der Waals surface area contributed by atoms with Crippen LogP contribution in [-0.4, -0.2) is 19.0 Å². The number of amides is 1. The van der Waals surface area contributed by atoms with E-state index < -0.39 is 29.1 Å². The number of aryl methyl sites for hydroxylation is 1. The second-order valence-electron chi connectivity index (χ2n) is 4.43. The molecule has 1 N–H and O–H groups in total. The first-order chi connectivity index (χ1) is 10.5. The minimum absolute atomic E-state index is 0.0535. The van der Waals surface area contributed by atoms with Gasteiger partial charge in [-0.15, -0.1) is 0 Å². The molecule has 0 spiro atoms. The first-order valence-corrected chi connectivity index (χ1v) is 6.41. The van der Waals surface area contributed by atoms with E-state index in [-0.39, 0.29) is 12.1 Å². The van der Waals surface area contributed by atoms with Crippen LogP contribution in [-0.2, 0) is 16.0 Å². The highest BCUT2D eigenvalue weighted by Crippen LogP contribution is 2.20. The first-order valence-electron chi connectivity index (χ1n) is 6.41. The van der Waals surface area contributed by atoms with Crippen LogP contribution in [0.2, 0.25) is 0 Å². The third-order valence-electron chi connectivity index (χ3n) is 2.91. The van der Waals surface area contributed by atoms with Gasteiger partial charge in [0.1, 0.15) is 17.4 Å². The smallest absolute Gasteiger partial charge is 0.340 e. The van der Waals surface area contributed by atoms with Crippen molar-refractivity contribution in [1.29, 1.82) is 0 Å². The van der Waals surface area contributed by atoms with E-state index in [4.69, 9.17) is 4.42 Å². The predicted octanol–water partition coefficient (Wildman–Crippen LogP) is 2.92. The van der Waals surface area contributed by atoms with E-state index in [1.807, 2.05) is 0 Å². The molecule has 22 heavy (non-hydrogen) atoms. The molecule has 0 aliphatic carbocycles. The molecule has 1 amide bonds. The van der Waals surface area contributed by atoms with Gasteiger partial charge in [-0.2, -0.15) is 0 Å². The van der Waals surface area contributed by atoms with E-state index >= 15 is 0 Å². The Balaban J connectivity index is 2.08. The van der Waals surface area contributed by atoms with Crippen LogP contribution in [0.1, 0.15) is 22.5 Å². The lowest BCUT2D eigenvalue weighted by molar-refractivity contribution is -0.116. The number of carbonyl (C=O) groups excluding carboxylic acids is 2. The number of anilines is 1. The second kappa shape index (κ2) is 6.84. The first kappa shape index (κ1) is 15.7. The van der Waals surface area contributed by atoms with Crippen LogP contribution in [0.15, 0.2) is 34.9 Å². The summed E-state index contributed by atoms with van der Waals surface area (Å²) in [6.45, 7) is 0. The molecule has 0 bridgehead atoms. The molecule has 0 radical (unpaired) electrons. The van der Waals surface area contributed by atoms with E-state index in [1.165, 1.54) is 6.26 Å². The van der Waals surface area contributed by atoms with Gasteiger partial charge in [-0.3, -0.25) is 4.79 Å². The van der Waals surface area contributed by atoms with Gasteiger partial charge in [0.15, 0.2) is 0 Å². The fraction of sp³-hybridized carbons (Fsp3) is 0.200. The molecule has 0 aliphatic rings. The molecule has 5 nitrogen and oxygen atoms in total. The Bertz CT molecular complexity index is 683. The Morgan fingerprint density at radius 3 is 2.68 bits per heavy atom. The van der Waals surface area contributed by atoms with Crippen LogP contribution >= 0.6 is 0 Å². The van der Waals surface area contributed by atoms with Crippen molar-refractivity contribution in [3.63, 3.8) is 0 Å². The Labute approximate surface area is 124 Å². The van der Waals surface area contributed by atoms with Crippen LogP contribution in [0.4, 0.5) is 14.5 Å². The summed E-state index contributed by atoms with van der Waals surface area (Å²) in [5, 5.41) is 2.29. The standard InChI is InChI=1S/C15H13F2NO4/c1-21-15(20)10-7-13(12(17)8-11(10)16)18-14(19)5-4-9-3-2-6-22-9/h2-3,6-8H,4-5H2,1H3,(H,18,19). The van der Waals surface area contributed by atoms with Crippen molar-refractivity contribution in [2.45, 2.75) is 12.8 Å². The Kier molecular flexibility index (Phi) is 4.88. The number of carbonyl (C=O) groups is 2. The van der Waals surface area contributed by atoms with Crippen LogP contribution in [0.5, 0.6) is 0 Å². The Morgan fingerprint density at radius 2 is 2.05 bits per heavy atom. The number of furan rings is 1. The summed E-state index contributed by atoms with van der Waals surface area (Å²) in [5.74, 6) is -2.86. The van der Waals surface area contributed by atoms with Gasteiger partial charge in [0.05, 0.1) is 24.6 Å². The lowest BCUT2D eigenvalue weighted by Crippen LogP contribution is -2.15. The van der Waals surface area contributed by atoms with Crippen molar-refractivity contribution < 1.29 is 27.5 Å². The molecule has 0 unspecified atom stereocenters. The molecule has 2 rings (SSSR count). The van der Waals surface area contributed by atoms with Gasteiger partial charge in [0.2, 0.25) is 5.91 Å². The number of nitrogens with one attached hydrogen (secondary N) is 1. The van der Waals surface area contributed by atoms with E-state index in [1.54, 1.807) is 12.1 Å². The summed E-state index contributed by atoms with van der Waals surface area (Å²) in [7, 11) is 1.08. The molecule has 1 aromatic carbocycles. The number of methoxy groups -OCH3 is 1. The predicted molar refractivity (Wildman–Crippen MR) is 73.4 cm³/mol. The van der Waals surface area contributed by atoms with Crippen LogP contribution in [0.3, 0.4) is 0 Å². The topological polar surface area (TPSA) is 68.5 Å². The third kappa shape index (κ3) is 3.69. The van der Waals surface area contributed by atoms with Crippen molar-refractivity contribution in [3.8, 4) is 0 Å². The molecular formula is C15H13F2NO4. The van der Waals surface area contributed by atoms with Gasteiger partial charge in [-0.05, 0) is 18.2 Å². The van der Waals surface area contributed by atoms with E-state index in [2.05, 4.69) is 10.1 Å². The fourth-order valence-corrected chi connectivity index (χ4v) is 1.82. The molecule has 0 aliphatic heterocycles. The summed E-state index contributed by atoms with van der Waals surface area (Å²) < 4.78 is 36.6. The maximum atomic E-state index is 13.6. The zero-order valence-electron chi connectivity index (χ0n) is 11.7. The van der Waals surface area contributed by atoms with Crippen LogP contribution in [0.25, 0.3) is 0 Å². The highest BCUT2D eigenvalue weighted by molar-refractivity contribution is 5.94. The van der Waals surface area contributed by atoms with Crippen molar-refractivity contribution >= 4 is 17.6 Å². The summed E-state index contributed by atoms with van der Waals surface area (Å²) in [6, 6.07) is 4.83. The summed E-state index contributed by atoms with van der Waals surface area (Å²) in [5.41, 5.74) is -0.739. The molecule has 116 valence electrons. The lowest BCUT2D eigenvalue weighted by atomic mass is 10.1. The van der Waals surface area contributed by atoms with Gasteiger partial charge in [-0.25, -0.2) is 13.6 Å². The average Bonchev–Trinajstić information content (AvgIpc) is 3.00. The number of rotatable bonds is 5. The molecule has 1 aromatic heterocycles. The van der Waals surface area contributed by atoms with Crippen LogP contribution in [0, 0.1) is 11.6 Å². The number of hydrogen-bond acceptors (Lipinski definition) is 4. The molecule has 0 saturated carbocycles. The molecule has 2 aromatic rings. The van der Waals surface area contributed by atoms with Crippen molar-refractivity contribution in [3.05, 3.63) is 53.5 Å². The van der Waals surface area contributed by atoms with Crippen molar-refractivity contribution in [2.24, 2.45) is 0 Å². The number of ether oxygens (including phenoxy) is 1. The van der Waals surface area contributed by atoms with Crippen molar-refractivity contribution in [1.82, 2.24) is 0 Å². The number of halogens is 2. The molecule has 7 heteroatoms. The minimum atomic E-state index is -1.06. The highest BCUT2D eigenvalue weighted by atomic mass is 19.1. The second-order valence-corrected chi connectivity index (χ2v) is 4.43. The molecule has 1 heterocycles. The molecular weight excluding hydrogens is 296 g/mol. The third-order valence-corrected chi connectivity index (χ3v) is 2.91. The Morgan fingerprint density at radius 1 is 1.27 bits per heavy atom. The zero-order valence-corrected chi connectivity index (χ0v) is 11.7. The van der Waals surface area contributed by atoms with Crippen LogP contribution < -0.4 is 5.32 Å². The summed E-state index contributed by atoms with van der Waals surface area (Å²) in [6.07, 6.45) is 1.87. The van der Waals surface area contributed by atoms with Gasteiger partial charge in [0.25, 0.3) is 0 Å². The maximum Gasteiger partial charge on any atom is 0.340 e. The Hall–Kier alpha value is -2.70. The monoisotopic (exact) mass is 309 g/mol. The van der Waals surface area contributed by atoms with E-state index in [9.17, 15) is 18.4 Å². The highest BCUT2D eigenvalue weighted by Gasteiger charge is 2.17. The minimum Gasteiger partial charge on any atom is -0.469 e. The fourth-order valence-electron chi connectivity index (χ4n) is 1.82. The SMILES string of the molecule is COC(=O)c1cc(NC(=O)CCc2ccco2)c(F)cc1F. The average molecular weight is 309 g/mol. The maximum absolute atomic E-state index is 13.6. The zero-order chi connectivity index (χ0) is 16.1. The van der Waals surface area contributed by atoms with Gasteiger partial charge >= 0.3 is 5.97 Å². The van der Waals surface area contributed by atoms with Gasteiger partial charge in [-0.1, -0.05) is 0 Å². The number of hydrogen-bond donors (Lipinski definition) is 1. The largest absolute Gasteiger partial charge is 0.469 e. The number of esters is 1. The molecule has 0 fully saturated rings. The number of benzene rings is 1. The molecule has 0 saturated heterocycles. The van der Waals surface area contributed by atoms with E-state index in [0.717, 1.165) is 13.2 Å².